The summed E-state index contributed by atoms with van der Waals surface area (Å²) in [6.45, 7) is 7.26. The van der Waals surface area contributed by atoms with Crippen molar-refractivity contribution in [3.8, 4) is 0 Å². The molecule has 0 aliphatic carbocycles. The van der Waals surface area contributed by atoms with Crippen LogP contribution in [-0.2, 0) is 6.54 Å². The fourth-order valence-electron chi connectivity index (χ4n) is 3.99. The molecule has 0 saturated carbocycles. The Hall–Kier alpha value is -2.44. The number of anilines is 2. The third-order valence-electron chi connectivity index (χ3n) is 5.50. The van der Waals surface area contributed by atoms with Crippen molar-refractivity contribution in [2.45, 2.75) is 51.5 Å². The Bertz CT molecular complexity index is 815. The summed E-state index contributed by atoms with van der Waals surface area (Å²) in [6, 6.07) is 11.2. The van der Waals surface area contributed by atoms with Gasteiger partial charge in [0.05, 0.1) is 0 Å². The van der Waals surface area contributed by atoms with Gasteiger partial charge in [0.25, 0.3) is 0 Å². The zero-order chi connectivity index (χ0) is 19.5. The average molecular weight is 380 g/mol. The number of hydrogen-bond acceptors (Lipinski definition) is 6. The number of rotatable bonds is 5. The van der Waals surface area contributed by atoms with E-state index in [0.717, 1.165) is 43.9 Å². The third-order valence-corrected chi connectivity index (χ3v) is 5.50. The molecule has 1 atom stereocenters. The molecule has 1 fully saturated rings. The van der Waals surface area contributed by atoms with Gasteiger partial charge in [-0.05, 0) is 44.4 Å². The first kappa shape index (κ1) is 18.9. The highest BCUT2D eigenvalue weighted by Gasteiger charge is 2.26. The van der Waals surface area contributed by atoms with Gasteiger partial charge in [-0.3, -0.25) is 4.90 Å². The van der Waals surface area contributed by atoms with Crippen molar-refractivity contribution in [1.82, 2.24) is 14.9 Å². The van der Waals surface area contributed by atoms with E-state index in [9.17, 15) is 5.11 Å². The lowest BCUT2D eigenvalue weighted by Gasteiger charge is -2.35. The van der Waals surface area contributed by atoms with Crippen molar-refractivity contribution < 1.29 is 5.11 Å². The Morgan fingerprint density at radius 3 is 2.64 bits per heavy atom. The van der Waals surface area contributed by atoms with Crippen LogP contribution in [0.2, 0.25) is 0 Å². The molecule has 1 unspecified atom stereocenters. The van der Waals surface area contributed by atoms with Gasteiger partial charge in [0.2, 0.25) is 5.95 Å². The monoisotopic (exact) mass is 379 g/mol. The number of piperidine rings is 1. The van der Waals surface area contributed by atoms with Gasteiger partial charge in [0.15, 0.2) is 0 Å². The van der Waals surface area contributed by atoms with Crippen LogP contribution in [0.15, 0.2) is 42.6 Å². The van der Waals surface area contributed by atoms with Crippen molar-refractivity contribution in [2.24, 2.45) is 0 Å². The molecule has 148 valence electrons. The highest BCUT2D eigenvalue weighted by molar-refractivity contribution is 5.69. The van der Waals surface area contributed by atoms with Gasteiger partial charge in [-0.1, -0.05) is 30.3 Å². The molecule has 2 aliphatic heterocycles. The van der Waals surface area contributed by atoms with E-state index in [1.54, 1.807) is 6.08 Å². The predicted molar refractivity (Wildman–Crippen MR) is 113 cm³/mol. The molecule has 2 N–H and O–H groups in total. The number of aliphatic hydroxyl groups excluding tert-OH is 1. The molecule has 0 radical (unpaired) electrons. The van der Waals surface area contributed by atoms with Crippen LogP contribution in [0.5, 0.6) is 0 Å². The summed E-state index contributed by atoms with van der Waals surface area (Å²) in [4.78, 5) is 13.6. The van der Waals surface area contributed by atoms with Gasteiger partial charge < -0.3 is 15.3 Å². The van der Waals surface area contributed by atoms with Crippen LogP contribution in [0, 0.1) is 0 Å². The molecular weight excluding hydrogens is 350 g/mol. The van der Waals surface area contributed by atoms with Gasteiger partial charge in [-0.25, -0.2) is 4.98 Å². The molecule has 1 saturated heterocycles. The SMILES string of the molecule is CC(C)N1c2nc(NC3CCN(Cc4ccccc4)CC3)ncc2C=CC1O. The van der Waals surface area contributed by atoms with Gasteiger partial charge in [0, 0.05) is 43.5 Å². The van der Waals surface area contributed by atoms with Crippen LogP contribution >= 0.6 is 0 Å². The highest BCUT2D eigenvalue weighted by atomic mass is 16.3. The second-order valence-corrected chi connectivity index (χ2v) is 7.93. The van der Waals surface area contributed by atoms with E-state index in [1.807, 2.05) is 17.2 Å². The zero-order valence-corrected chi connectivity index (χ0v) is 16.6. The Balaban J connectivity index is 1.37. The molecule has 6 nitrogen and oxygen atoms in total. The zero-order valence-electron chi connectivity index (χ0n) is 16.6. The van der Waals surface area contributed by atoms with E-state index in [2.05, 4.69) is 59.4 Å². The lowest BCUT2D eigenvalue weighted by Crippen LogP contribution is -2.42. The summed E-state index contributed by atoms with van der Waals surface area (Å²) >= 11 is 0. The number of benzene rings is 1. The molecule has 0 amide bonds. The second-order valence-electron chi connectivity index (χ2n) is 7.93. The molecule has 6 heteroatoms. The van der Waals surface area contributed by atoms with Crippen LogP contribution in [0.4, 0.5) is 11.8 Å². The van der Waals surface area contributed by atoms with Crippen molar-refractivity contribution in [1.29, 1.82) is 0 Å². The van der Waals surface area contributed by atoms with Crippen LogP contribution in [0.1, 0.15) is 37.8 Å². The van der Waals surface area contributed by atoms with Crippen molar-refractivity contribution >= 4 is 17.8 Å². The number of fused-ring (bicyclic) bond motifs is 1. The Morgan fingerprint density at radius 2 is 1.93 bits per heavy atom. The fourth-order valence-corrected chi connectivity index (χ4v) is 3.99. The number of nitrogens with zero attached hydrogens (tertiary/aromatic N) is 4. The van der Waals surface area contributed by atoms with E-state index in [0.29, 0.717) is 12.0 Å². The minimum Gasteiger partial charge on any atom is -0.370 e. The Labute approximate surface area is 166 Å². The van der Waals surface area contributed by atoms with Gasteiger partial charge >= 0.3 is 0 Å². The number of aromatic nitrogens is 2. The van der Waals surface area contributed by atoms with E-state index in [1.165, 1.54) is 5.56 Å². The van der Waals surface area contributed by atoms with Gasteiger partial charge in [0.1, 0.15) is 12.0 Å². The van der Waals surface area contributed by atoms with Crippen molar-refractivity contribution in [2.75, 3.05) is 23.3 Å². The van der Waals surface area contributed by atoms with Crippen molar-refractivity contribution in [3.63, 3.8) is 0 Å². The summed E-state index contributed by atoms with van der Waals surface area (Å²) in [6.07, 6.45) is 7.02. The topological polar surface area (TPSA) is 64.5 Å². The normalized spacial score (nSPS) is 20.4. The number of likely N-dealkylation sites (tertiary alicyclic amines) is 1. The third kappa shape index (κ3) is 4.18. The van der Waals surface area contributed by atoms with Gasteiger partial charge in [-0.15, -0.1) is 0 Å². The lowest BCUT2D eigenvalue weighted by atomic mass is 10.0. The molecule has 0 bridgehead atoms. The van der Waals surface area contributed by atoms with E-state index < -0.39 is 6.23 Å². The standard InChI is InChI=1S/C22H29N5O/c1-16(2)27-20(28)9-8-18-14-23-22(25-21(18)27)24-19-10-12-26(13-11-19)15-17-6-4-3-5-7-17/h3-9,14,16,19-20,28H,10-13,15H2,1-2H3,(H,23,24,25). The molecule has 2 aromatic rings. The minimum atomic E-state index is -0.642. The number of hydrogen-bond donors (Lipinski definition) is 2. The molecule has 1 aromatic carbocycles. The second kappa shape index (κ2) is 8.29. The lowest BCUT2D eigenvalue weighted by molar-refractivity contribution is 0.206. The first-order valence-corrected chi connectivity index (χ1v) is 10.1. The number of aliphatic hydroxyl groups is 1. The fraction of sp³-hybridized carbons (Fsp3) is 0.455. The van der Waals surface area contributed by atoms with Gasteiger partial charge in [-0.2, -0.15) is 4.98 Å². The molecule has 28 heavy (non-hydrogen) atoms. The summed E-state index contributed by atoms with van der Waals surface area (Å²) in [5.41, 5.74) is 2.31. The average Bonchev–Trinajstić information content (AvgIpc) is 2.70. The maximum atomic E-state index is 10.3. The van der Waals surface area contributed by atoms with Crippen LogP contribution in [-0.4, -0.2) is 51.4 Å². The van der Waals surface area contributed by atoms with E-state index in [4.69, 9.17) is 4.98 Å². The Kier molecular flexibility index (Phi) is 5.59. The number of nitrogens with one attached hydrogen (secondary N) is 1. The molecule has 2 aliphatic rings. The van der Waals surface area contributed by atoms with Crippen LogP contribution < -0.4 is 10.2 Å². The highest BCUT2D eigenvalue weighted by Crippen LogP contribution is 2.29. The maximum Gasteiger partial charge on any atom is 0.224 e. The quantitative estimate of drug-likeness (QED) is 0.832. The molecule has 1 aromatic heterocycles. The maximum absolute atomic E-state index is 10.3. The predicted octanol–water partition coefficient (Wildman–Crippen LogP) is 3.11. The smallest absolute Gasteiger partial charge is 0.224 e. The summed E-state index contributed by atoms with van der Waals surface area (Å²) in [5.74, 6) is 1.44. The molecular formula is C22H29N5O. The van der Waals surface area contributed by atoms with Crippen LogP contribution in [0.3, 0.4) is 0 Å². The minimum absolute atomic E-state index is 0.155. The first-order chi connectivity index (χ1) is 13.6. The molecule has 0 spiro atoms. The molecule has 4 rings (SSSR count). The van der Waals surface area contributed by atoms with E-state index >= 15 is 0 Å². The molecule has 3 heterocycles. The summed E-state index contributed by atoms with van der Waals surface area (Å²) in [7, 11) is 0. The summed E-state index contributed by atoms with van der Waals surface area (Å²) in [5, 5.41) is 13.8. The first-order valence-electron chi connectivity index (χ1n) is 10.1. The van der Waals surface area contributed by atoms with E-state index in [-0.39, 0.29) is 6.04 Å². The van der Waals surface area contributed by atoms with Crippen LogP contribution in [0.25, 0.3) is 6.08 Å². The summed E-state index contributed by atoms with van der Waals surface area (Å²) < 4.78 is 0. The van der Waals surface area contributed by atoms with Crippen molar-refractivity contribution in [3.05, 3.63) is 53.7 Å². The Morgan fingerprint density at radius 1 is 1.18 bits per heavy atom. The largest absolute Gasteiger partial charge is 0.370 e.